The minimum absolute atomic E-state index is 0.215. The van der Waals surface area contributed by atoms with Gasteiger partial charge in [-0.25, -0.2) is 0 Å². The van der Waals surface area contributed by atoms with Crippen LogP contribution in [-0.4, -0.2) is 46.5 Å². The van der Waals surface area contributed by atoms with Crippen molar-refractivity contribution in [1.82, 2.24) is 4.90 Å². The fraction of sp³-hybridized carbons (Fsp3) is 1.00. The lowest BCUT2D eigenvalue weighted by molar-refractivity contribution is -0.0384. The van der Waals surface area contributed by atoms with Gasteiger partial charge in [0.15, 0.2) is 0 Å². The Kier molecular flexibility index (Phi) is 4.83. The first-order valence-electron chi connectivity index (χ1n) is 7.31. The molecule has 0 unspecified atom stereocenters. The molecule has 2 fully saturated rings. The second-order valence-corrected chi connectivity index (χ2v) is 5.92. The van der Waals surface area contributed by atoms with Crippen molar-refractivity contribution in [3.8, 4) is 0 Å². The summed E-state index contributed by atoms with van der Waals surface area (Å²) in [6.07, 6.45) is 10.6. The van der Waals surface area contributed by atoms with E-state index in [1.807, 2.05) is 0 Å². The molecular weight excluding hydrogens is 214 g/mol. The van der Waals surface area contributed by atoms with E-state index in [0.717, 1.165) is 38.8 Å². The summed E-state index contributed by atoms with van der Waals surface area (Å²) in [5.41, 5.74) is -0.476. The van der Waals surface area contributed by atoms with E-state index in [4.69, 9.17) is 0 Å². The van der Waals surface area contributed by atoms with Crippen LogP contribution in [0.5, 0.6) is 0 Å². The highest BCUT2D eigenvalue weighted by Gasteiger charge is 2.34. The molecule has 2 rings (SSSR count). The number of hydrogen-bond acceptors (Lipinski definition) is 3. The Bertz CT molecular complexity index is 220. The zero-order chi connectivity index (χ0) is 12.1. The van der Waals surface area contributed by atoms with Gasteiger partial charge in [-0.15, -0.1) is 0 Å². The van der Waals surface area contributed by atoms with Crippen LogP contribution in [-0.2, 0) is 0 Å². The average molecular weight is 241 g/mol. The van der Waals surface area contributed by atoms with Crippen molar-refractivity contribution in [3.05, 3.63) is 0 Å². The third-order valence-corrected chi connectivity index (χ3v) is 4.51. The zero-order valence-electron chi connectivity index (χ0n) is 10.9. The van der Waals surface area contributed by atoms with Crippen LogP contribution >= 0.6 is 0 Å². The summed E-state index contributed by atoms with van der Waals surface area (Å²) in [6.45, 7) is 1.72. The van der Waals surface area contributed by atoms with Crippen molar-refractivity contribution in [2.75, 3.05) is 19.7 Å². The van der Waals surface area contributed by atoms with E-state index in [2.05, 4.69) is 4.90 Å². The predicted molar refractivity (Wildman–Crippen MR) is 68.9 cm³/mol. The molecule has 2 saturated carbocycles. The molecule has 0 aliphatic heterocycles. The number of nitrogens with zero attached hydrogens (tertiary/aromatic N) is 1. The fourth-order valence-corrected chi connectivity index (χ4v) is 3.53. The minimum Gasteiger partial charge on any atom is -0.395 e. The lowest BCUT2D eigenvalue weighted by atomic mass is 9.84. The number of hydrogen-bond donors (Lipinski definition) is 2. The first-order valence-corrected chi connectivity index (χ1v) is 7.31. The summed E-state index contributed by atoms with van der Waals surface area (Å²) in [5.74, 6) is 0. The van der Waals surface area contributed by atoms with E-state index < -0.39 is 5.60 Å². The van der Waals surface area contributed by atoms with Gasteiger partial charge in [-0.1, -0.05) is 32.1 Å². The first-order chi connectivity index (χ1) is 8.23. The van der Waals surface area contributed by atoms with Gasteiger partial charge >= 0.3 is 0 Å². The molecule has 0 radical (unpaired) electrons. The molecule has 0 saturated heterocycles. The third kappa shape index (κ3) is 3.67. The molecule has 2 N–H and O–H groups in total. The SMILES string of the molecule is OCCN(CC1(O)CCCCC1)C1CCCC1. The van der Waals surface area contributed by atoms with E-state index in [0.29, 0.717) is 6.04 Å². The number of rotatable bonds is 5. The van der Waals surface area contributed by atoms with E-state index >= 15 is 0 Å². The number of aliphatic hydroxyl groups is 2. The van der Waals surface area contributed by atoms with Crippen molar-refractivity contribution in [2.45, 2.75) is 69.4 Å². The van der Waals surface area contributed by atoms with Crippen molar-refractivity contribution in [2.24, 2.45) is 0 Å². The summed E-state index contributed by atoms with van der Waals surface area (Å²) < 4.78 is 0. The van der Waals surface area contributed by atoms with Crippen LogP contribution < -0.4 is 0 Å². The molecule has 0 amide bonds. The zero-order valence-corrected chi connectivity index (χ0v) is 10.9. The van der Waals surface area contributed by atoms with Crippen LogP contribution in [0.25, 0.3) is 0 Å². The van der Waals surface area contributed by atoms with Crippen LogP contribution in [0.3, 0.4) is 0 Å². The standard InChI is InChI=1S/C14H27NO2/c16-11-10-15(13-6-2-3-7-13)12-14(17)8-4-1-5-9-14/h13,16-17H,1-12H2. The molecule has 0 atom stereocenters. The Balaban J connectivity index is 1.90. The van der Waals surface area contributed by atoms with E-state index in [9.17, 15) is 10.2 Å². The van der Waals surface area contributed by atoms with Gasteiger partial charge in [0.2, 0.25) is 0 Å². The van der Waals surface area contributed by atoms with Gasteiger partial charge in [-0.3, -0.25) is 4.90 Å². The van der Waals surface area contributed by atoms with Crippen molar-refractivity contribution in [1.29, 1.82) is 0 Å². The van der Waals surface area contributed by atoms with E-state index in [1.165, 1.54) is 32.1 Å². The van der Waals surface area contributed by atoms with Crippen molar-refractivity contribution < 1.29 is 10.2 Å². The van der Waals surface area contributed by atoms with Gasteiger partial charge in [-0.05, 0) is 25.7 Å². The number of aliphatic hydroxyl groups excluding tert-OH is 1. The first kappa shape index (κ1) is 13.3. The normalized spacial score (nSPS) is 25.6. The molecule has 17 heavy (non-hydrogen) atoms. The highest BCUT2D eigenvalue weighted by Crippen LogP contribution is 2.31. The molecule has 0 aromatic heterocycles. The van der Waals surface area contributed by atoms with Crippen LogP contribution in [0.1, 0.15) is 57.8 Å². The molecule has 2 aliphatic rings. The van der Waals surface area contributed by atoms with Gasteiger partial charge in [0.1, 0.15) is 0 Å². The maximum absolute atomic E-state index is 10.6. The topological polar surface area (TPSA) is 43.7 Å². The Hall–Kier alpha value is -0.120. The lowest BCUT2D eigenvalue weighted by Crippen LogP contribution is -2.48. The third-order valence-electron chi connectivity index (χ3n) is 4.51. The van der Waals surface area contributed by atoms with E-state index in [1.54, 1.807) is 0 Å². The summed E-state index contributed by atoms with van der Waals surface area (Å²) >= 11 is 0. The Labute approximate surface area is 105 Å². The van der Waals surface area contributed by atoms with Crippen LogP contribution in [0.4, 0.5) is 0 Å². The largest absolute Gasteiger partial charge is 0.395 e. The maximum Gasteiger partial charge on any atom is 0.0774 e. The Morgan fingerprint density at radius 1 is 1.00 bits per heavy atom. The molecule has 0 aromatic rings. The molecule has 3 heteroatoms. The highest BCUT2D eigenvalue weighted by atomic mass is 16.3. The van der Waals surface area contributed by atoms with Crippen molar-refractivity contribution >= 4 is 0 Å². The van der Waals surface area contributed by atoms with E-state index in [-0.39, 0.29) is 6.61 Å². The van der Waals surface area contributed by atoms with Crippen LogP contribution in [0.15, 0.2) is 0 Å². The average Bonchev–Trinajstić information content (AvgIpc) is 2.82. The maximum atomic E-state index is 10.6. The molecule has 0 aromatic carbocycles. The fourth-order valence-electron chi connectivity index (χ4n) is 3.53. The van der Waals surface area contributed by atoms with Gasteiger partial charge in [0.25, 0.3) is 0 Å². The summed E-state index contributed by atoms with van der Waals surface area (Å²) in [5, 5.41) is 19.8. The second-order valence-electron chi connectivity index (χ2n) is 5.92. The smallest absolute Gasteiger partial charge is 0.0774 e. The summed E-state index contributed by atoms with van der Waals surface area (Å²) in [4.78, 5) is 2.35. The monoisotopic (exact) mass is 241 g/mol. The predicted octanol–water partition coefficient (Wildman–Crippen LogP) is 1.92. The van der Waals surface area contributed by atoms with Gasteiger partial charge in [0, 0.05) is 19.1 Å². The molecule has 2 aliphatic carbocycles. The van der Waals surface area contributed by atoms with Crippen LogP contribution in [0, 0.1) is 0 Å². The Morgan fingerprint density at radius 2 is 1.65 bits per heavy atom. The van der Waals surface area contributed by atoms with Crippen molar-refractivity contribution in [3.63, 3.8) is 0 Å². The van der Waals surface area contributed by atoms with Crippen LogP contribution in [0.2, 0.25) is 0 Å². The molecule has 100 valence electrons. The molecule has 0 bridgehead atoms. The second kappa shape index (κ2) is 6.17. The van der Waals surface area contributed by atoms with Gasteiger partial charge < -0.3 is 10.2 Å². The highest BCUT2D eigenvalue weighted by molar-refractivity contribution is 4.88. The molecule has 0 heterocycles. The lowest BCUT2D eigenvalue weighted by Gasteiger charge is -2.39. The summed E-state index contributed by atoms with van der Waals surface area (Å²) in [7, 11) is 0. The molecule has 3 nitrogen and oxygen atoms in total. The van der Waals surface area contributed by atoms with Gasteiger partial charge in [-0.2, -0.15) is 0 Å². The van der Waals surface area contributed by atoms with Gasteiger partial charge in [0.05, 0.1) is 12.2 Å². The molecular formula is C14H27NO2. The Morgan fingerprint density at radius 3 is 2.24 bits per heavy atom. The molecule has 0 spiro atoms. The minimum atomic E-state index is -0.476. The quantitative estimate of drug-likeness (QED) is 0.773. The summed E-state index contributed by atoms with van der Waals surface area (Å²) in [6, 6.07) is 0.605.